The SMILES string of the molecule is CC1CC2NNC3c4cccc(c4)COC(=O)NCC[C@@H](C)OC1CC23. The van der Waals surface area contributed by atoms with E-state index in [2.05, 4.69) is 42.1 Å². The lowest BCUT2D eigenvalue weighted by Crippen LogP contribution is -2.43. The zero-order valence-corrected chi connectivity index (χ0v) is 15.5. The van der Waals surface area contributed by atoms with Crippen LogP contribution in [0.15, 0.2) is 24.3 Å². The molecule has 1 aromatic rings. The first-order valence-corrected chi connectivity index (χ1v) is 9.76. The Bertz CT molecular complexity index is 653. The second kappa shape index (κ2) is 7.55. The van der Waals surface area contributed by atoms with Crippen LogP contribution in [0.25, 0.3) is 0 Å². The zero-order valence-electron chi connectivity index (χ0n) is 15.5. The van der Waals surface area contributed by atoms with Crippen molar-refractivity contribution >= 4 is 6.09 Å². The highest BCUT2D eigenvalue weighted by Gasteiger charge is 2.44. The number of cyclic esters (lactones) is 1. The minimum absolute atomic E-state index is 0.117. The fourth-order valence-corrected chi connectivity index (χ4v) is 4.57. The first kappa shape index (κ1) is 17.8. The monoisotopic (exact) mass is 359 g/mol. The van der Waals surface area contributed by atoms with E-state index < -0.39 is 0 Å². The van der Waals surface area contributed by atoms with Gasteiger partial charge in [-0.2, -0.15) is 0 Å². The van der Waals surface area contributed by atoms with Crippen LogP contribution in [0.5, 0.6) is 0 Å². The third-order valence-corrected chi connectivity index (χ3v) is 6.04. The number of hydrogen-bond acceptors (Lipinski definition) is 5. The lowest BCUT2D eigenvalue weighted by molar-refractivity contribution is -0.0653. The van der Waals surface area contributed by atoms with E-state index in [9.17, 15) is 4.79 Å². The Balaban J connectivity index is 1.60. The Morgan fingerprint density at radius 3 is 2.92 bits per heavy atom. The first-order valence-electron chi connectivity index (χ1n) is 9.76. The van der Waals surface area contributed by atoms with Gasteiger partial charge in [0.2, 0.25) is 0 Å². The van der Waals surface area contributed by atoms with Crippen molar-refractivity contribution < 1.29 is 14.3 Å². The van der Waals surface area contributed by atoms with Gasteiger partial charge in [0, 0.05) is 12.6 Å². The fraction of sp³-hybridized carbons (Fsp3) is 0.650. The maximum Gasteiger partial charge on any atom is 0.407 e. The molecule has 2 aliphatic heterocycles. The fourth-order valence-electron chi connectivity index (χ4n) is 4.57. The van der Waals surface area contributed by atoms with Crippen LogP contribution in [0.1, 0.15) is 50.3 Å². The molecule has 3 aliphatic rings. The van der Waals surface area contributed by atoms with Gasteiger partial charge in [-0.3, -0.25) is 5.43 Å². The van der Waals surface area contributed by atoms with Crippen LogP contribution < -0.4 is 16.2 Å². The van der Waals surface area contributed by atoms with Gasteiger partial charge in [0.25, 0.3) is 0 Å². The van der Waals surface area contributed by atoms with E-state index in [1.807, 2.05) is 12.1 Å². The second-order valence-corrected chi connectivity index (χ2v) is 8.01. The van der Waals surface area contributed by atoms with Crippen LogP contribution in [0, 0.1) is 11.8 Å². The molecule has 6 nitrogen and oxygen atoms in total. The lowest BCUT2D eigenvalue weighted by atomic mass is 9.74. The summed E-state index contributed by atoms with van der Waals surface area (Å²) in [5, 5.41) is 2.82. The Morgan fingerprint density at radius 2 is 2.04 bits per heavy atom. The number of carbonyl (C=O) groups is 1. The van der Waals surface area contributed by atoms with Gasteiger partial charge in [0.15, 0.2) is 0 Å². The van der Waals surface area contributed by atoms with Gasteiger partial charge in [-0.1, -0.05) is 31.2 Å². The largest absolute Gasteiger partial charge is 0.445 e. The molecule has 0 radical (unpaired) electrons. The molecule has 5 unspecified atom stereocenters. The smallest absolute Gasteiger partial charge is 0.407 e. The van der Waals surface area contributed by atoms with E-state index in [4.69, 9.17) is 9.47 Å². The van der Waals surface area contributed by atoms with Crippen molar-refractivity contribution in [1.82, 2.24) is 16.2 Å². The maximum absolute atomic E-state index is 11.9. The van der Waals surface area contributed by atoms with Gasteiger partial charge in [0.1, 0.15) is 6.61 Å². The summed E-state index contributed by atoms with van der Waals surface area (Å²) in [6.07, 6.45) is 2.96. The van der Waals surface area contributed by atoms with Crippen molar-refractivity contribution in [2.45, 2.75) is 64.0 Å². The average Bonchev–Trinajstić information content (AvgIpc) is 3.02. The molecule has 1 aliphatic carbocycles. The molecule has 3 N–H and O–H groups in total. The molecular formula is C20H29N3O3. The predicted octanol–water partition coefficient (Wildman–Crippen LogP) is 2.65. The lowest BCUT2D eigenvalue weighted by Gasteiger charge is -2.39. The summed E-state index contributed by atoms with van der Waals surface area (Å²) < 4.78 is 11.7. The molecule has 6 atom stereocenters. The first-order chi connectivity index (χ1) is 12.6. The molecule has 142 valence electrons. The summed E-state index contributed by atoms with van der Waals surface area (Å²) in [6, 6.07) is 9.08. The highest BCUT2D eigenvalue weighted by molar-refractivity contribution is 5.67. The quantitative estimate of drug-likeness (QED) is 0.664. The number of hydrogen-bond donors (Lipinski definition) is 3. The number of fused-ring (bicyclic) bond motifs is 4. The molecule has 6 heteroatoms. The summed E-state index contributed by atoms with van der Waals surface area (Å²) in [5.74, 6) is 1.02. The third-order valence-electron chi connectivity index (χ3n) is 6.04. The van der Waals surface area contributed by atoms with E-state index in [1.165, 1.54) is 5.56 Å². The topological polar surface area (TPSA) is 71.6 Å². The van der Waals surface area contributed by atoms with E-state index in [1.54, 1.807) is 0 Å². The summed E-state index contributed by atoms with van der Waals surface area (Å²) in [4.78, 5) is 11.9. The van der Waals surface area contributed by atoms with E-state index in [-0.39, 0.29) is 24.3 Å². The second-order valence-electron chi connectivity index (χ2n) is 8.01. The standard InChI is InChI=1S/C20H29N3O3/c1-12-8-17-16-10-18(12)26-13(2)6-7-21-20(24)25-11-14-4-3-5-15(9-14)19(16)23-22-17/h3-5,9,12-13,16-19,22-23H,6-8,10-11H2,1-2H3,(H,21,24)/t12?,13-,16?,17?,18?,19?/m1/s1. The molecule has 1 saturated carbocycles. The molecule has 26 heavy (non-hydrogen) atoms. The normalized spacial score (nSPS) is 37.8. The minimum atomic E-state index is -0.370. The molecule has 4 rings (SSSR count). The number of benzene rings is 1. The van der Waals surface area contributed by atoms with Gasteiger partial charge in [-0.25, -0.2) is 10.2 Å². The van der Waals surface area contributed by atoms with E-state index >= 15 is 0 Å². The molecule has 1 amide bonds. The Hall–Kier alpha value is -1.63. The van der Waals surface area contributed by atoms with Crippen molar-refractivity contribution in [2.75, 3.05) is 6.54 Å². The Morgan fingerprint density at radius 1 is 1.15 bits per heavy atom. The number of hydrazine groups is 1. The average molecular weight is 359 g/mol. The number of carbonyl (C=O) groups excluding carboxylic acids is 1. The van der Waals surface area contributed by atoms with Crippen molar-refractivity contribution in [2.24, 2.45) is 11.8 Å². The molecule has 0 aromatic heterocycles. The van der Waals surface area contributed by atoms with Crippen LogP contribution in [0.4, 0.5) is 4.79 Å². The molecule has 1 aromatic carbocycles. The number of rotatable bonds is 0. The molecular weight excluding hydrogens is 330 g/mol. The zero-order chi connectivity index (χ0) is 18.1. The van der Waals surface area contributed by atoms with Crippen molar-refractivity contribution in [1.29, 1.82) is 0 Å². The third kappa shape index (κ3) is 3.72. The van der Waals surface area contributed by atoms with Gasteiger partial charge < -0.3 is 14.8 Å². The predicted molar refractivity (Wildman–Crippen MR) is 98.3 cm³/mol. The minimum Gasteiger partial charge on any atom is -0.445 e. The Labute approximate surface area is 155 Å². The highest BCUT2D eigenvalue weighted by Crippen LogP contribution is 2.41. The highest BCUT2D eigenvalue weighted by atomic mass is 16.5. The summed E-state index contributed by atoms with van der Waals surface area (Å²) >= 11 is 0. The van der Waals surface area contributed by atoms with Gasteiger partial charge in [-0.15, -0.1) is 0 Å². The van der Waals surface area contributed by atoms with Crippen LogP contribution in [-0.2, 0) is 16.1 Å². The number of nitrogens with one attached hydrogen (secondary N) is 3. The van der Waals surface area contributed by atoms with E-state index in [0.717, 1.165) is 24.8 Å². The molecule has 4 bridgehead atoms. The molecule has 0 spiro atoms. The molecule has 1 saturated heterocycles. The van der Waals surface area contributed by atoms with Crippen molar-refractivity contribution in [3.05, 3.63) is 35.4 Å². The van der Waals surface area contributed by atoms with E-state index in [0.29, 0.717) is 31.0 Å². The Kier molecular flexibility index (Phi) is 5.16. The van der Waals surface area contributed by atoms with Gasteiger partial charge >= 0.3 is 6.09 Å². The summed E-state index contributed by atoms with van der Waals surface area (Å²) in [7, 11) is 0. The summed E-state index contributed by atoms with van der Waals surface area (Å²) in [5.41, 5.74) is 9.26. The number of ether oxygens (including phenoxy) is 2. The van der Waals surface area contributed by atoms with Crippen molar-refractivity contribution in [3.63, 3.8) is 0 Å². The van der Waals surface area contributed by atoms with Crippen LogP contribution >= 0.6 is 0 Å². The molecule has 2 fully saturated rings. The van der Waals surface area contributed by atoms with Crippen LogP contribution in [0.2, 0.25) is 0 Å². The summed E-state index contributed by atoms with van der Waals surface area (Å²) in [6.45, 7) is 5.24. The molecule has 2 heterocycles. The number of amides is 1. The van der Waals surface area contributed by atoms with Crippen LogP contribution in [-0.4, -0.2) is 30.9 Å². The van der Waals surface area contributed by atoms with Gasteiger partial charge in [-0.05, 0) is 49.1 Å². The number of alkyl carbamates (subject to hydrolysis) is 1. The van der Waals surface area contributed by atoms with Crippen molar-refractivity contribution in [3.8, 4) is 0 Å². The maximum atomic E-state index is 11.9. The van der Waals surface area contributed by atoms with Gasteiger partial charge in [0.05, 0.1) is 18.2 Å². The van der Waals surface area contributed by atoms with Crippen LogP contribution in [0.3, 0.4) is 0 Å².